The van der Waals surface area contributed by atoms with Crippen molar-refractivity contribution in [1.29, 1.82) is 0 Å². The number of carboxylic acids is 1. The first-order valence-corrected chi connectivity index (χ1v) is 9.35. The molecule has 23 heteroatoms. The number of ether oxygens (including phenoxy) is 1. The zero-order valence-electron chi connectivity index (χ0n) is 18.7. The van der Waals surface area contributed by atoms with Gasteiger partial charge in [0.1, 0.15) is 0 Å². The number of carbonyl (C=O) groups is 2. The van der Waals surface area contributed by atoms with Crippen LogP contribution >= 0.6 is 0 Å². The van der Waals surface area contributed by atoms with Gasteiger partial charge in [0.15, 0.2) is 6.10 Å². The Bertz CT molecular complexity index is 980. The van der Waals surface area contributed by atoms with Gasteiger partial charge in [-0.1, -0.05) is 13.8 Å². The van der Waals surface area contributed by atoms with Crippen LogP contribution in [0.5, 0.6) is 0 Å². The molecule has 0 fully saturated rings. The molecular formula is C17H11F19O4. The lowest BCUT2D eigenvalue weighted by molar-refractivity contribution is -0.470. The Morgan fingerprint density at radius 1 is 0.550 bits per heavy atom. The fourth-order valence-corrected chi connectivity index (χ4v) is 2.48. The molecule has 1 unspecified atom stereocenters. The highest BCUT2D eigenvalue weighted by Gasteiger charge is 2.97. The van der Waals surface area contributed by atoms with Crippen molar-refractivity contribution in [3.05, 3.63) is 12.2 Å². The van der Waals surface area contributed by atoms with Gasteiger partial charge in [0, 0.05) is 12.2 Å². The summed E-state index contributed by atoms with van der Waals surface area (Å²) < 4.78 is 258. The number of hydrogen-bond donors (Lipinski definition) is 1. The summed E-state index contributed by atoms with van der Waals surface area (Å²) in [4.78, 5) is 21.6. The van der Waals surface area contributed by atoms with Crippen LogP contribution in [-0.2, 0) is 14.3 Å². The standard InChI is InChI=1S/C17H11F19O4/c1-5(2)8(40-7(39)4-3-6(37)38)9(18,19)10(20,21)11(22,23)12(24,25)13(26,27)14(28,29)15(30,31)16(32,33)17(34,35)36/h3-5,8H,1-2H3,(H,37,38). The highest BCUT2D eigenvalue weighted by molar-refractivity contribution is 5.90. The molecule has 0 saturated carbocycles. The molecule has 0 aliphatic heterocycles. The van der Waals surface area contributed by atoms with E-state index in [1.165, 1.54) is 0 Å². The minimum absolute atomic E-state index is 0.252. The van der Waals surface area contributed by atoms with E-state index in [2.05, 4.69) is 4.74 Å². The number of rotatable bonds is 12. The number of esters is 1. The molecule has 4 nitrogen and oxygen atoms in total. The van der Waals surface area contributed by atoms with E-state index in [9.17, 15) is 93.0 Å². The summed E-state index contributed by atoms with van der Waals surface area (Å²) in [5, 5.41) is 8.24. The van der Waals surface area contributed by atoms with E-state index >= 15 is 0 Å². The van der Waals surface area contributed by atoms with Crippen molar-refractivity contribution >= 4 is 11.9 Å². The highest BCUT2D eigenvalue weighted by atomic mass is 19.4. The largest absolute Gasteiger partial charge is 0.478 e. The molecule has 0 aliphatic rings. The number of alkyl halides is 19. The number of carboxylic acid groups (broad SMARTS) is 1. The van der Waals surface area contributed by atoms with Crippen molar-refractivity contribution in [3.63, 3.8) is 0 Å². The van der Waals surface area contributed by atoms with Gasteiger partial charge in [-0.3, -0.25) is 0 Å². The molecule has 1 atom stereocenters. The zero-order chi connectivity index (χ0) is 32.9. The van der Waals surface area contributed by atoms with Gasteiger partial charge in [-0.15, -0.1) is 0 Å². The van der Waals surface area contributed by atoms with Crippen LogP contribution < -0.4 is 0 Å². The summed E-state index contributed by atoms with van der Waals surface area (Å²) in [7, 11) is 0. The summed E-state index contributed by atoms with van der Waals surface area (Å²) in [6.07, 6.45) is -12.7. The molecule has 1 N–H and O–H groups in total. The van der Waals surface area contributed by atoms with Crippen molar-refractivity contribution in [3.8, 4) is 0 Å². The topological polar surface area (TPSA) is 63.6 Å². The maximum atomic E-state index is 14.3. The Labute approximate surface area is 207 Å². The van der Waals surface area contributed by atoms with Crippen molar-refractivity contribution in [2.75, 3.05) is 0 Å². The first kappa shape index (κ1) is 37.4. The summed E-state index contributed by atoms with van der Waals surface area (Å²) >= 11 is 0. The average molecular weight is 640 g/mol. The second-order valence-corrected chi connectivity index (χ2v) is 7.91. The van der Waals surface area contributed by atoms with Gasteiger partial charge >= 0.3 is 65.5 Å². The lowest BCUT2D eigenvalue weighted by Gasteiger charge is -2.44. The molecule has 0 aromatic rings. The molecule has 0 saturated heterocycles. The van der Waals surface area contributed by atoms with Crippen LogP contribution in [-0.4, -0.2) is 76.7 Å². The van der Waals surface area contributed by atoms with Gasteiger partial charge in [-0.05, 0) is 5.92 Å². The van der Waals surface area contributed by atoms with Gasteiger partial charge < -0.3 is 9.84 Å². The zero-order valence-corrected chi connectivity index (χ0v) is 18.7. The molecule has 40 heavy (non-hydrogen) atoms. The third kappa shape index (κ3) is 5.34. The van der Waals surface area contributed by atoms with E-state index in [1.54, 1.807) is 0 Å². The summed E-state index contributed by atoms with van der Waals surface area (Å²) in [5.41, 5.74) is 0. The van der Waals surface area contributed by atoms with E-state index in [1.807, 2.05) is 0 Å². The minimum atomic E-state index is -9.07. The van der Waals surface area contributed by atoms with Crippen LogP contribution in [0.1, 0.15) is 13.8 Å². The second-order valence-electron chi connectivity index (χ2n) is 7.91. The summed E-state index contributed by atoms with van der Waals surface area (Å²) in [6, 6.07) is 0. The Morgan fingerprint density at radius 2 is 0.850 bits per heavy atom. The van der Waals surface area contributed by atoms with Crippen molar-refractivity contribution < 1.29 is 103 Å². The van der Waals surface area contributed by atoms with E-state index in [0.29, 0.717) is 0 Å². The van der Waals surface area contributed by atoms with Gasteiger partial charge in [0.2, 0.25) is 0 Å². The smallest absolute Gasteiger partial charge is 0.460 e. The molecule has 236 valence electrons. The maximum Gasteiger partial charge on any atom is 0.460 e. The minimum Gasteiger partial charge on any atom is -0.478 e. The van der Waals surface area contributed by atoms with Gasteiger partial charge in [0.25, 0.3) is 0 Å². The first-order chi connectivity index (χ1) is 17.1. The maximum absolute atomic E-state index is 14.3. The first-order valence-electron chi connectivity index (χ1n) is 9.35. The molecule has 0 rings (SSSR count). The predicted molar refractivity (Wildman–Crippen MR) is 87.1 cm³/mol. The van der Waals surface area contributed by atoms with Gasteiger partial charge in [-0.2, -0.15) is 83.4 Å². The monoisotopic (exact) mass is 640 g/mol. The van der Waals surface area contributed by atoms with Crippen molar-refractivity contribution in [2.45, 2.75) is 73.5 Å². The Balaban J connectivity index is 7.03. The van der Waals surface area contributed by atoms with Crippen LogP contribution in [0.3, 0.4) is 0 Å². The van der Waals surface area contributed by atoms with Gasteiger partial charge in [0.05, 0.1) is 0 Å². The highest BCUT2D eigenvalue weighted by Crippen LogP contribution is 2.65. The molecule has 0 aliphatic carbocycles. The van der Waals surface area contributed by atoms with Crippen LogP contribution in [0.15, 0.2) is 12.2 Å². The molecule has 0 amide bonds. The number of carbonyl (C=O) groups excluding carboxylic acids is 1. The van der Waals surface area contributed by atoms with Crippen LogP contribution in [0, 0.1) is 5.92 Å². The van der Waals surface area contributed by atoms with Crippen LogP contribution in [0.25, 0.3) is 0 Å². The molecular weight excluding hydrogens is 629 g/mol. The van der Waals surface area contributed by atoms with Crippen molar-refractivity contribution in [2.24, 2.45) is 5.92 Å². The summed E-state index contributed by atoms with van der Waals surface area (Å²) in [6.45, 7) is 0.531. The fourth-order valence-electron chi connectivity index (χ4n) is 2.48. The fraction of sp³-hybridized carbons (Fsp3) is 0.765. The third-order valence-electron chi connectivity index (χ3n) is 4.71. The molecule has 0 aromatic heterocycles. The Hall–Kier alpha value is -2.65. The number of halogens is 19. The van der Waals surface area contributed by atoms with E-state index in [0.717, 1.165) is 0 Å². The molecule has 0 radical (unpaired) electrons. The molecule has 0 aromatic carbocycles. The Morgan fingerprint density at radius 3 is 1.12 bits per heavy atom. The predicted octanol–water partition coefficient (Wildman–Crippen LogP) is 6.84. The van der Waals surface area contributed by atoms with E-state index in [-0.39, 0.29) is 26.0 Å². The number of aliphatic carboxylic acids is 1. The third-order valence-corrected chi connectivity index (χ3v) is 4.71. The van der Waals surface area contributed by atoms with Crippen molar-refractivity contribution in [1.82, 2.24) is 0 Å². The Kier molecular flexibility index (Phi) is 9.63. The molecule has 0 bridgehead atoms. The summed E-state index contributed by atoms with van der Waals surface area (Å²) in [5.74, 6) is -75.2. The quantitative estimate of drug-likeness (QED) is 0.144. The van der Waals surface area contributed by atoms with Crippen LogP contribution in [0.2, 0.25) is 0 Å². The average Bonchev–Trinajstić information content (AvgIpc) is 2.73. The van der Waals surface area contributed by atoms with Crippen LogP contribution in [0.4, 0.5) is 83.4 Å². The molecule has 0 spiro atoms. The molecule has 0 heterocycles. The number of hydrogen-bond acceptors (Lipinski definition) is 3. The lowest BCUT2D eigenvalue weighted by atomic mass is 9.85. The SMILES string of the molecule is CC(C)C(OC(=O)C=CC(=O)O)C(F)(F)C(F)(F)C(F)(F)C(F)(F)C(F)(F)C(F)(F)C(F)(F)C(F)(F)C(F)(F)F. The normalized spacial score (nSPS) is 16.4. The van der Waals surface area contributed by atoms with E-state index < -0.39 is 77.5 Å². The van der Waals surface area contributed by atoms with Gasteiger partial charge in [-0.25, -0.2) is 9.59 Å². The second kappa shape index (κ2) is 10.3. The van der Waals surface area contributed by atoms with E-state index in [4.69, 9.17) is 5.11 Å². The lowest BCUT2D eigenvalue weighted by Crippen LogP contribution is -2.76.